The van der Waals surface area contributed by atoms with Gasteiger partial charge < -0.3 is 10.2 Å². The van der Waals surface area contributed by atoms with Gasteiger partial charge in [-0.1, -0.05) is 32.9 Å². The molecule has 2 aromatic rings. The van der Waals surface area contributed by atoms with Gasteiger partial charge in [-0.15, -0.1) is 0 Å². The summed E-state index contributed by atoms with van der Waals surface area (Å²) in [4.78, 5) is 33.1. The van der Waals surface area contributed by atoms with Gasteiger partial charge >= 0.3 is 0 Å². The first-order valence-electron chi connectivity index (χ1n) is 9.45. The van der Waals surface area contributed by atoms with Gasteiger partial charge in [0.05, 0.1) is 6.04 Å². The van der Waals surface area contributed by atoms with E-state index >= 15 is 0 Å². The SMILES string of the molecule is CN(C)c1nc(C(=O)N[C@@H](c2ccc(C3CC3)c(F)c2)C(C)(C)C)cc(=O)[nH]1. The van der Waals surface area contributed by atoms with Crippen LogP contribution < -0.4 is 15.8 Å². The third-order valence-corrected chi connectivity index (χ3v) is 4.90. The number of halogens is 1. The predicted octanol–water partition coefficient (Wildman–Crippen LogP) is 3.37. The molecule has 1 saturated carbocycles. The first kappa shape index (κ1) is 20.0. The van der Waals surface area contributed by atoms with Crippen LogP contribution in [0.2, 0.25) is 0 Å². The summed E-state index contributed by atoms with van der Waals surface area (Å²) >= 11 is 0. The molecular weight excluding hydrogens is 359 g/mol. The van der Waals surface area contributed by atoms with Crippen molar-refractivity contribution in [2.45, 2.75) is 45.6 Å². The summed E-state index contributed by atoms with van der Waals surface area (Å²) in [5.74, 6) is -0.0836. The summed E-state index contributed by atoms with van der Waals surface area (Å²) in [5, 5.41) is 2.94. The fraction of sp³-hybridized carbons (Fsp3) is 0.476. The average Bonchev–Trinajstić information content (AvgIpc) is 3.42. The first-order chi connectivity index (χ1) is 13.1. The van der Waals surface area contributed by atoms with Crippen LogP contribution in [0.15, 0.2) is 29.1 Å². The maximum atomic E-state index is 14.6. The Morgan fingerprint density at radius 3 is 2.50 bits per heavy atom. The first-order valence-corrected chi connectivity index (χ1v) is 9.45. The van der Waals surface area contributed by atoms with Gasteiger partial charge in [0.25, 0.3) is 11.5 Å². The van der Waals surface area contributed by atoms with E-state index in [1.165, 1.54) is 12.1 Å². The van der Waals surface area contributed by atoms with Crippen LogP contribution in [-0.4, -0.2) is 30.0 Å². The number of anilines is 1. The van der Waals surface area contributed by atoms with E-state index in [2.05, 4.69) is 15.3 Å². The molecule has 1 amide bonds. The quantitative estimate of drug-likeness (QED) is 0.826. The number of hydrogen-bond acceptors (Lipinski definition) is 4. The molecule has 1 aromatic carbocycles. The van der Waals surface area contributed by atoms with Crippen LogP contribution >= 0.6 is 0 Å². The largest absolute Gasteiger partial charge is 0.348 e. The molecule has 3 rings (SSSR count). The van der Waals surface area contributed by atoms with E-state index in [0.29, 0.717) is 17.4 Å². The normalized spacial score (nSPS) is 15.2. The smallest absolute Gasteiger partial charge is 0.270 e. The van der Waals surface area contributed by atoms with Crippen LogP contribution in [0.5, 0.6) is 0 Å². The summed E-state index contributed by atoms with van der Waals surface area (Å²) in [7, 11) is 3.45. The molecule has 0 spiro atoms. The highest BCUT2D eigenvalue weighted by Gasteiger charge is 2.31. The van der Waals surface area contributed by atoms with Gasteiger partial charge in [0.2, 0.25) is 5.95 Å². The summed E-state index contributed by atoms with van der Waals surface area (Å²) in [6, 6.07) is 5.94. The lowest BCUT2D eigenvalue weighted by Crippen LogP contribution is -2.37. The molecule has 0 radical (unpaired) electrons. The summed E-state index contributed by atoms with van der Waals surface area (Å²) in [5.41, 5.74) is 0.692. The second-order valence-corrected chi connectivity index (χ2v) is 8.68. The Morgan fingerprint density at radius 1 is 1.29 bits per heavy atom. The third kappa shape index (κ3) is 4.40. The van der Waals surface area contributed by atoms with E-state index in [0.717, 1.165) is 18.4 Å². The molecule has 1 aliphatic carbocycles. The van der Waals surface area contributed by atoms with E-state index in [9.17, 15) is 14.0 Å². The summed E-state index contributed by atoms with van der Waals surface area (Å²) < 4.78 is 14.6. The van der Waals surface area contributed by atoms with Crippen LogP contribution in [0.1, 0.15) is 67.2 Å². The van der Waals surface area contributed by atoms with Gasteiger partial charge in [0, 0.05) is 20.2 Å². The molecule has 0 unspecified atom stereocenters. The van der Waals surface area contributed by atoms with Crippen molar-refractivity contribution in [3.8, 4) is 0 Å². The minimum Gasteiger partial charge on any atom is -0.348 e. The molecule has 0 saturated heterocycles. The molecule has 1 aliphatic rings. The topological polar surface area (TPSA) is 78.1 Å². The molecule has 1 fully saturated rings. The Hall–Kier alpha value is -2.70. The second kappa shape index (κ2) is 7.37. The van der Waals surface area contributed by atoms with Gasteiger partial charge in [-0.2, -0.15) is 0 Å². The highest BCUT2D eigenvalue weighted by atomic mass is 19.1. The molecule has 1 heterocycles. The molecule has 1 aromatic heterocycles. The van der Waals surface area contributed by atoms with Gasteiger partial charge in [-0.05, 0) is 41.4 Å². The highest BCUT2D eigenvalue weighted by molar-refractivity contribution is 5.92. The minimum atomic E-state index is -0.471. The number of nitrogens with one attached hydrogen (secondary N) is 2. The predicted molar refractivity (Wildman–Crippen MR) is 107 cm³/mol. The van der Waals surface area contributed by atoms with Crippen molar-refractivity contribution in [1.29, 1.82) is 0 Å². The molecule has 1 atom stereocenters. The van der Waals surface area contributed by atoms with E-state index in [1.54, 1.807) is 19.0 Å². The zero-order valence-electron chi connectivity index (χ0n) is 17.0. The van der Waals surface area contributed by atoms with E-state index in [4.69, 9.17) is 0 Å². The van der Waals surface area contributed by atoms with Crippen LogP contribution in [0.3, 0.4) is 0 Å². The van der Waals surface area contributed by atoms with Crippen molar-refractivity contribution in [1.82, 2.24) is 15.3 Å². The Kier molecular flexibility index (Phi) is 5.28. The second-order valence-electron chi connectivity index (χ2n) is 8.68. The van der Waals surface area contributed by atoms with E-state index in [-0.39, 0.29) is 16.9 Å². The minimum absolute atomic E-state index is 0.0248. The third-order valence-electron chi connectivity index (χ3n) is 4.90. The molecule has 2 N–H and O–H groups in total. The Bertz CT molecular complexity index is 942. The maximum Gasteiger partial charge on any atom is 0.270 e. The lowest BCUT2D eigenvalue weighted by molar-refractivity contribution is 0.0896. The number of nitrogens with zero attached hydrogens (tertiary/aromatic N) is 2. The van der Waals surface area contributed by atoms with Crippen molar-refractivity contribution in [3.05, 3.63) is 57.3 Å². The van der Waals surface area contributed by atoms with Crippen LogP contribution in [0.4, 0.5) is 10.3 Å². The number of carbonyl (C=O) groups excluding carboxylic acids is 1. The standard InChI is InChI=1S/C21H27FN4O2/c1-21(2,3)18(13-8-9-14(12-6-7-12)15(22)10-13)25-19(28)16-11-17(27)24-20(23-16)26(4)5/h8-12,18H,6-7H2,1-5H3,(H,25,28)(H,23,24,27)/t18-/m0/s1. The van der Waals surface area contributed by atoms with Gasteiger partial charge in [0.1, 0.15) is 11.5 Å². The molecule has 0 bridgehead atoms. The van der Waals surface area contributed by atoms with Crippen molar-refractivity contribution in [2.75, 3.05) is 19.0 Å². The van der Waals surface area contributed by atoms with Crippen molar-refractivity contribution in [3.63, 3.8) is 0 Å². The number of aromatic amines is 1. The van der Waals surface area contributed by atoms with Crippen molar-refractivity contribution < 1.29 is 9.18 Å². The van der Waals surface area contributed by atoms with Crippen molar-refractivity contribution >= 4 is 11.9 Å². The number of aromatic nitrogens is 2. The lowest BCUT2D eigenvalue weighted by Gasteiger charge is -2.32. The Labute approximate surface area is 164 Å². The van der Waals surface area contributed by atoms with Crippen LogP contribution in [0, 0.1) is 11.2 Å². The van der Waals surface area contributed by atoms with Crippen LogP contribution in [0.25, 0.3) is 0 Å². The lowest BCUT2D eigenvalue weighted by atomic mass is 9.82. The highest BCUT2D eigenvalue weighted by Crippen LogP contribution is 2.42. The average molecular weight is 386 g/mol. The Morgan fingerprint density at radius 2 is 1.96 bits per heavy atom. The van der Waals surface area contributed by atoms with Gasteiger partial charge in [-0.3, -0.25) is 14.6 Å². The number of carbonyl (C=O) groups is 1. The Balaban J connectivity index is 1.90. The number of benzene rings is 1. The molecule has 150 valence electrons. The molecule has 6 nitrogen and oxygen atoms in total. The van der Waals surface area contributed by atoms with Crippen LogP contribution in [-0.2, 0) is 0 Å². The summed E-state index contributed by atoms with van der Waals surface area (Å²) in [6.45, 7) is 5.92. The number of amides is 1. The number of rotatable bonds is 5. The molecule has 28 heavy (non-hydrogen) atoms. The van der Waals surface area contributed by atoms with E-state index < -0.39 is 17.5 Å². The number of H-pyrrole nitrogens is 1. The monoisotopic (exact) mass is 386 g/mol. The molecule has 7 heteroatoms. The molecule has 0 aliphatic heterocycles. The van der Waals surface area contributed by atoms with Gasteiger partial charge in [0.15, 0.2) is 0 Å². The van der Waals surface area contributed by atoms with E-state index in [1.807, 2.05) is 32.9 Å². The molecular formula is C21H27FN4O2. The number of hydrogen-bond donors (Lipinski definition) is 2. The summed E-state index contributed by atoms with van der Waals surface area (Å²) in [6.07, 6.45) is 2.05. The fourth-order valence-corrected chi connectivity index (χ4v) is 3.23. The fourth-order valence-electron chi connectivity index (χ4n) is 3.23. The zero-order chi connectivity index (χ0) is 20.6. The van der Waals surface area contributed by atoms with Crippen molar-refractivity contribution in [2.24, 2.45) is 5.41 Å². The zero-order valence-corrected chi connectivity index (χ0v) is 17.0. The van der Waals surface area contributed by atoms with Gasteiger partial charge in [-0.25, -0.2) is 9.37 Å². The maximum absolute atomic E-state index is 14.6.